The molecule has 0 radical (unpaired) electrons. The third-order valence-electron chi connectivity index (χ3n) is 1.76. The molecule has 0 amide bonds. The zero-order valence-electron chi connectivity index (χ0n) is 7.84. The Labute approximate surface area is 99.1 Å². The van der Waals surface area contributed by atoms with Gasteiger partial charge in [-0.2, -0.15) is 0 Å². The Hall–Kier alpha value is -0.0766. The number of halogens is 1. The number of hydrogen-bond donors (Lipinski definition) is 0. The van der Waals surface area contributed by atoms with Gasteiger partial charge in [-0.3, -0.25) is 0 Å². The van der Waals surface area contributed by atoms with Gasteiger partial charge in [0.05, 0.1) is 0 Å². The molecule has 0 spiro atoms. The largest absolute Gasteiger partial charge is 1.00 e. The number of rotatable bonds is 3. The molecule has 0 bridgehead atoms. The molecule has 0 atom stereocenters. The summed E-state index contributed by atoms with van der Waals surface area (Å²) in [5, 5.41) is 1.08. The van der Waals surface area contributed by atoms with E-state index in [1.807, 2.05) is 18.2 Å². The first-order valence-electron chi connectivity index (χ1n) is 3.82. The van der Waals surface area contributed by atoms with Crippen molar-refractivity contribution in [2.45, 2.75) is 5.02 Å². The van der Waals surface area contributed by atoms with Crippen LogP contribution in [0.25, 0.3) is 0 Å². The SMILES string of the molecule is COc1ccc(OC)c([CH2][Zn+])c1.[Br-]. The fourth-order valence-electron chi connectivity index (χ4n) is 1.08. The number of ether oxygens (including phenoxy) is 2. The van der Waals surface area contributed by atoms with E-state index in [0.717, 1.165) is 16.5 Å². The van der Waals surface area contributed by atoms with Gasteiger partial charge in [-0.05, 0) is 0 Å². The van der Waals surface area contributed by atoms with Crippen LogP contribution < -0.4 is 26.5 Å². The van der Waals surface area contributed by atoms with E-state index in [9.17, 15) is 0 Å². The van der Waals surface area contributed by atoms with Gasteiger partial charge in [0.2, 0.25) is 0 Å². The fraction of sp³-hybridized carbons (Fsp3) is 0.333. The second-order valence-electron chi connectivity index (χ2n) is 2.43. The predicted molar refractivity (Wildman–Crippen MR) is 43.3 cm³/mol. The Morgan fingerprint density at radius 2 is 1.92 bits per heavy atom. The van der Waals surface area contributed by atoms with E-state index in [1.165, 1.54) is 23.9 Å². The minimum atomic E-state index is 0. The summed E-state index contributed by atoms with van der Waals surface area (Å²) in [7, 11) is 3.37. The zero-order chi connectivity index (χ0) is 8.97. The number of benzene rings is 1. The van der Waals surface area contributed by atoms with Crippen LogP contribution in [0.3, 0.4) is 0 Å². The average Bonchev–Trinajstić information content (AvgIpc) is 2.16. The van der Waals surface area contributed by atoms with E-state index < -0.39 is 0 Å². The summed E-state index contributed by atoms with van der Waals surface area (Å²) in [6.07, 6.45) is 0. The van der Waals surface area contributed by atoms with Gasteiger partial charge in [0, 0.05) is 0 Å². The molecular formula is C9H11BrO2Zn. The normalized spacial score (nSPS) is 8.92. The van der Waals surface area contributed by atoms with Crippen molar-refractivity contribution in [1.82, 2.24) is 0 Å². The van der Waals surface area contributed by atoms with Gasteiger partial charge in [0.1, 0.15) is 0 Å². The van der Waals surface area contributed by atoms with Crippen LogP contribution in [0.15, 0.2) is 18.2 Å². The van der Waals surface area contributed by atoms with Gasteiger partial charge in [-0.1, -0.05) is 0 Å². The van der Waals surface area contributed by atoms with Crippen molar-refractivity contribution in [2.24, 2.45) is 0 Å². The molecule has 0 heterocycles. The zero-order valence-corrected chi connectivity index (χ0v) is 12.4. The van der Waals surface area contributed by atoms with E-state index in [2.05, 4.69) is 0 Å². The van der Waals surface area contributed by atoms with Crippen LogP contribution in [0.5, 0.6) is 11.5 Å². The van der Waals surface area contributed by atoms with Crippen molar-refractivity contribution >= 4 is 0 Å². The van der Waals surface area contributed by atoms with Gasteiger partial charge in [0.15, 0.2) is 0 Å². The first-order valence-corrected chi connectivity index (χ1v) is 5.91. The summed E-state index contributed by atoms with van der Waals surface area (Å²) >= 11 is 1.24. The van der Waals surface area contributed by atoms with Crippen LogP contribution >= 0.6 is 0 Å². The minimum absolute atomic E-state index is 0. The summed E-state index contributed by atoms with van der Waals surface area (Å²) < 4.78 is 10.3. The molecule has 0 unspecified atom stereocenters. The van der Waals surface area contributed by atoms with Crippen LogP contribution in [0, 0.1) is 0 Å². The Morgan fingerprint density at radius 1 is 1.23 bits per heavy atom. The van der Waals surface area contributed by atoms with E-state index in [1.54, 1.807) is 14.2 Å². The molecule has 0 fully saturated rings. The molecular weight excluding hydrogens is 285 g/mol. The van der Waals surface area contributed by atoms with Crippen molar-refractivity contribution < 1.29 is 44.8 Å². The topological polar surface area (TPSA) is 18.5 Å². The van der Waals surface area contributed by atoms with E-state index in [4.69, 9.17) is 9.47 Å². The molecule has 0 saturated carbocycles. The molecule has 4 heteroatoms. The Morgan fingerprint density at radius 3 is 2.38 bits per heavy atom. The van der Waals surface area contributed by atoms with Gasteiger partial charge >= 0.3 is 82.3 Å². The van der Waals surface area contributed by atoms with Crippen LogP contribution in [-0.4, -0.2) is 14.2 Å². The maximum Gasteiger partial charge on any atom is -1.00 e. The van der Waals surface area contributed by atoms with E-state index in [0.29, 0.717) is 0 Å². The van der Waals surface area contributed by atoms with Crippen molar-refractivity contribution in [3.8, 4) is 11.5 Å². The molecule has 0 aliphatic carbocycles. The molecule has 0 N–H and O–H groups in total. The van der Waals surface area contributed by atoms with Crippen LogP contribution in [0.1, 0.15) is 5.56 Å². The van der Waals surface area contributed by atoms with Crippen molar-refractivity contribution in [2.75, 3.05) is 14.2 Å². The second kappa shape index (κ2) is 6.39. The number of hydrogen-bond acceptors (Lipinski definition) is 2. The summed E-state index contributed by atoms with van der Waals surface area (Å²) in [5.74, 6) is 1.86. The predicted octanol–water partition coefficient (Wildman–Crippen LogP) is -1.25. The molecule has 2 nitrogen and oxygen atoms in total. The Bertz CT molecular complexity index is 266. The van der Waals surface area contributed by atoms with Gasteiger partial charge in [0.25, 0.3) is 0 Å². The maximum atomic E-state index is 5.20. The summed E-state index contributed by atoms with van der Waals surface area (Å²) in [6.45, 7) is 0. The second-order valence-corrected chi connectivity index (χ2v) is 3.48. The first-order chi connectivity index (χ1) is 5.81. The van der Waals surface area contributed by atoms with Crippen molar-refractivity contribution in [3.05, 3.63) is 23.8 Å². The standard InChI is InChI=1S/C9H11O2.BrH.Zn/c1-7-6-8(10-2)4-5-9(7)11-3;;/h4-6H,1H2,2-3H3;1H;/q;;+1/p-1. The molecule has 0 aromatic heterocycles. The van der Waals surface area contributed by atoms with Crippen LogP contribution in [0.4, 0.5) is 0 Å². The quantitative estimate of drug-likeness (QED) is 0.649. The van der Waals surface area contributed by atoms with Gasteiger partial charge in [-0.25, -0.2) is 0 Å². The van der Waals surface area contributed by atoms with Crippen molar-refractivity contribution in [3.63, 3.8) is 0 Å². The van der Waals surface area contributed by atoms with E-state index in [-0.39, 0.29) is 17.0 Å². The minimum Gasteiger partial charge on any atom is -1.00 e. The van der Waals surface area contributed by atoms with Crippen molar-refractivity contribution in [1.29, 1.82) is 0 Å². The van der Waals surface area contributed by atoms with Crippen LogP contribution in [-0.2, 0) is 23.3 Å². The molecule has 0 aliphatic rings. The fourth-order valence-corrected chi connectivity index (χ4v) is 1.90. The van der Waals surface area contributed by atoms with Gasteiger partial charge in [-0.15, -0.1) is 0 Å². The Kier molecular flexibility index (Phi) is 6.35. The molecule has 0 saturated heterocycles. The van der Waals surface area contributed by atoms with Gasteiger partial charge < -0.3 is 17.0 Å². The molecule has 0 aliphatic heterocycles. The maximum absolute atomic E-state index is 5.20. The molecule has 13 heavy (non-hydrogen) atoms. The molecule has 1 aromatic rings. The third kappa shape index (κ3) is 3.28. The summed E-state index contributed by atoms with van der Waals surface area (Å²) in [5.41, 5.74) is 1.23. The summed E-state index contributed by atoms with van der Waals surface area (Å²) in [4.78, 5) is 0. The first kappa shape index (κ1) is 12.9. The van der Waals surface area contributed by atoms with E-state index >= 15 is 0 Å². The summed E-state index contributed by atoms with van der Waals surface area (Å²) in [6, 6.07) is 5.89. The third-order valence-corrected chi connectivity index (χ3v) is 2.89. The molecule has 68 valence electrons. The smallest absolute Gasteiger partial charge is 1.00 e. The molecule has 1 aromatic carbocycles. The Balaban J connectivity index is 0.00000144. The number of methoxy groups -OCH3 is 2. The molecule has 1 rings (SSSR count). The van der Waals surface area contributed by atoms with Crippen LogP contribution in [0.2, 0.25) is 0 Å². The average molecular weight is 296 g/mol. The monoisotopic (exact) mass is 294 g/mol.